The van der Waals surface area contributed by atoms with E-state index in [1.807, 2.05) is 67.8 Å². The number of nitrogens with zero attached hydrogens (tertiary/aromatic N) is 1. The number of aryl methyl sites for hydroxylation is 1. The van der Waals surface area contributed by atoms with Gasteiger partial charge >= 0.3 is 0 Å². The monoisotopic (exact) mass is 354 g/mol. The van der Waals surface area contributed by atoms with Crippen LogP contribution >= 0.6 is 23.1 Å². The van der Waals surface area contributed by atoms with E-state index in [2.05, 4.69) is 10.3 Å². The molecule has 0 saturated carbocycles. The molecule has 0 aliphatic rings. The summed E-state index contributed by atoms with van der Waals surface area (Å²) in [7, 11) is 0. The number of thioether (sulfide) groups is 1. The highest BCUT2D eigenvalue weighted by atomic mass is 32.2. The molecule has 122 valence electrons. The maximum atomic E-state index is 12.4. The Labute approximate surface area is 150 Å². The van der Waals surface area contributed by atoms with Gasteiger partial charge in [-0.15, -0.1) is 23.1 Å². The van der Waals surface area contributed by atoms with E-state index in [0.717, 1.165) is 31.7 Å². The van der Waals surface area contributed by atoms with Crippen molar-refractivity contribution in [3.63, 3.8) is 0 Å². The molecule has 1 aromatic heterocycles. The van der Waals surface area contributed by atoms with Crippen molar-refractivity contribution >= 4 is 34.7 Å². The van der Waals surface area contributed by atoms with Crippen LogP contribution in [0.4, 0.5) is 5.69 Å². The van der Waals surface area contributed by atoms with E-state index >= 15 is 0 Å². The van der Waals surface area contributed by atoms with Crippen molar-refractivity contribution in [2.24, 2.45) is 0 Å². The third-order valence-electron chi connectivity index (χ3n) is 3.62. The highest BCUT2D eigenvalue weighted by Gasteiger charge is 2.14. The standard InChI is InChI=1S/C19H18N2OS2/c1-13-17(24-19(20-13)14-8-4-3-5-9-14)12-18(22)21-15-10-6-7-11-16(15)23-2/h3-11H,12H2,1-2H3,(H,21,22). The first-order valence-electron chi connectivity index (χ1n) is 7.62. The van der Waals surface area contributed by atoms with Crippen LogP contribution in [0.5, 0.6) is 0 Å². The maximum Gasteiger partial charge on any atom is 0.229 e. The van der Waals surface area contributed by atoms with Gasteiger partial charge in [0.1, 0.15) is 5.01 Å². The molecule has 0 bridgehead atoms. The molecule has 0 aliphatic heterocycles. The lowest BCUT2D eigenvalue weighted by atomic mass is 10.2. The van der Waals surface area contributed by atoms with Gasteiger partial charge in [-0.1, -0.05) is 42.5 Å². The van der Waals surface area contributed by atoms with Crippen molar-refractivity contribution in [3.05, 3.63) is 65.2 Å². The number of aromatic nitrogens is 1. The van der Waals surface area contributed by atoms with Gasteiger partial charge < -0.3 is 5.32 Å². The van der Waals surface area contributed by atoms with E-state index in [9.17, 15) is 4.79 Å². The van der Waals surface area contributed by atoms with Gasteiger partial charge in [0, 0.05) is 15.3 Å². The Morgan fingerprint density at radius 3 is 2.58 bits per heavy atom. The number of hydrogen-bond donors (Lipinski definition) is 1. The van der Waals surface area contributed by atoms with Crippen molar-refractivity contribution in [3.8, 4) is 10.6 Å². The predicted molar refractivity (Wildman–Crippen MR) is 103 cm³/mol. The molecule has 5 heteroatoms. The molecule has 0 unspecified atom stereocenters. The first kappa shape index (κ1) is 16.7. The smallest absolute Gasteiger partial charge is 0.229 e. The van der Waals surface area contributed by atoms with Gasteiger partial charge in [-0.2, -0.15) is 0 Å². The van der Waals surface area contributed by atoms with Gasteiger partial charge in [0.2, 0.25) is 5.91 Å². The van der Waals surface area contributed by atoms with Gasteiger partial charge in [-0.3, -0.25) is 4.79 Å². The lowest BCUT2D eigenvalue weighted by molar-refractivity contribution is -0.115. The van der Waals surface area contributed by atoms with E-state index in [0.29, 0.717) is 6.42 Å². The SMILES string of the molecule is CSc1ccccc1NC(=O)Cc1sc(-c2ccccc2)nc1C. The summed E-state index contributed by atoms with van der Waals surface area (Å²) in [5.74, 6) is -0.0112. The lowest BCUT2D eigenvalue weighted by Gasteiger charge is -2.08. The van der Waals surface area contributed by atoms with Crippen LogP contribution in [0.2, 0.25) is 0 Å². The fourth-order valence-electron chi connectivity index (χ4n) is 2.38. The minimum absolute atomic E-state index is 0.0112. The summed E-state index contributed by atoms with van der Waals surface area (Å²) in [5, 5.41) is 3.96. The Bertz CT molecular complexity index is 844. The molecule has 0 aliphatic carbocycles. The number of carbonyl (C=O) groups excluding carboxylic acids is 1. The number of rotatable bonds is 5. The van der Waals surface area contributed by atoms with Gasteiger partial charge in [0.15, 0.2) is 0 Å². The van der Waals surface area contributed by atoms with Gasteiger partial charge in [-0.25, -0.2) is 4.98 Å². The Hall–Kier alpha value is -2.11. The molecule has 24 heavy (non-hydrogen) atoms. The zero-order chi connectivity index (χ0) is 16.9. The molecular weight excluding hydrogens is 336 g/mol. The minimum Gasteiger partial charge on any atom is -0.325 e. The molecule has 3 aromatic rings. The summed E-state index contributed by atoms with van der Waals surface area (Å²) >= 11 is 3.21. The fourth-order valence-corrected chi connectivity index (χ4v) is 4.00. The largest absolute Gasteiger partial charge is 0.325 e. The molecule has 0 spiro atoms. The summed E-state index contributed by atoms with van der Waals surface area (Å²) in [4.78, 5) is 19.1. The number of anilines is 1. The van der Waals surface area contributed by atoms with Gasteiger partial charge in [0.25, 0.3) is 0 Å². The fraction of sp³-hybridized carbons (Fsp3) is 0.158. The molecule has 1 heterocycles. The summed E-state index contributed by atoms with van der Waals surface area (Å²) in [6, 6.07) is 17.9. The molecule has 1 amide bonds. The van der Waals surface area contributed by atoms with E-state index in [1.54, 1.807) is 23.1 Å². The number of hydrogen-bond acceptors (Lipinski definition) is 4. The first-order valence-corrected chi connectivity index (χ1v) is 9.66. The van der Waals surface area contributed by atoms with Gasteiger partial charge in [-0.05, 0) is 25.3 Å². The summed E-state index contributed by atoms with van der Waals surface area (Å²) < 4.78 is 0. The van der Waals surface area contributed by atoms with Crippen molar-refractivity contribution in [1.82, 2.24) is 4.98 Å². The first-order chi connectivity index (χ1) is 11.7. The molecule has 0 atom stereocenters. The predicted octanol–water partition coefficient (Wildman–Crippen LogP) is 5.02. The van der Waals surface area contributed by atoms with E-state index in [1.165, 1.54) is 0 Å². The number of carbonyl (C=O) groups is 1. The van der Waals surface area contributed by atoms with Crippen LogP contribution in [0.25, 0.3) is 10.6 Å². The molecule has 3 nitrogen and oxygen atoms in total. The Kier molecular flexibility index (Phi) is 5.33. The van der Waals surface area contributed by atoms with E-state index in [-0.39, 0.29) is 5.91 Å². The Morgan fingerprint density at radius 2 is 1.83 bits per heavy atom. The molecule has 0 fully saturated rings. The summed E-state index contributed by atoms with van der Waals surface area (Å²) in [6.45, 7) is 1.96. The van der Waals surface area contributed by atoms with Crippen LogP contribution in [-0.2, 0) is 11.2 Å². The number of thiazole rings is 1. The Morgan fingerprint density at radius 1 is 1.12 bits per heavy atom. The van der Waals surface area contributed by atoms with Crippen molar-refractivity contribution in [2.75, 3.05) is 11.6 Å². The number of para-hydroxylation sites is 1. The minimum atomic E-state index is -0.0112. The van der Waals surface area contributed by atoms with Gasteiger partial charge in [0.05, 0.1) is 17.8 Å². The third kappa shape index (κ3) is 3.86. The molecule has 1 N–H and O–H groups in total. The normalized spacial score (nSPS) is 10.6. The molecular formula is C19H18N2OS2. The third-order valence-corrected chi connectivity index (χ3v) is 5.62. The second-order valence-corrected chi connectivity index (χ2v) is 7.25. The molecule has 2 aromatic carbocycles. The van der Waals surface area contributed by atoms with Crippen LogP contribution in [0.3, 0.4) is 0 Å². The van der Waals surface area contributed by atoms with Crippen LogP contribution in [0.15, 0.2) is 59.5 Å². The maximum absolute atomic E-state index is 12.4. The lowest BCUT2D eigenvalue weighted by Crippen LogP contribution is -2.14. The summed E-state index contributed by atoms with van der Waals surface area (Å²) in [5.41, 5.74) is 2.87. The second-order valence-electron chi connectivity index (χ2n) is 5.32. The average Bonchev–Trinajstić information content (AvgIpc) is 2.97. The van der Waals surface area contributed by atoms with Crippen LogP contribution in [0.1, 0.15) is 10.6 Å². The van der Waals surface area contributed by atoms with Crippen molar-refractivity contribution in [2.45, 2.75) is 18.2 Å². The zero-order valence-electron chi connectivity index (χ0n) is 13.6. The topological polar surface area (TPSA) is 42.0 Å². The summed E-state index contributed by atoms with van der Waals surface area (Å²) in [6.07, 6.45) is 2.35. The number of benzene rings is 2. The number of nitrogens with one attached hydrogen (secondary N) is 1. The van der Waals surface area contributed by atoms with Crippen molar-refractivity contribution in [1.29, 1.82) is 0 Å². The second kappa shape index (κ2) is 7.64. The highest BCUT2D eigenvalue weighted by molar-refractivity contribution is 7.98. The number of amides is 1. The average molecular weight is 354 g/mol. The van der Waals surface area contributed by atoms with Crippen molar-refractivity contribution < 1.29 is 4.79 Å². The van der Waals surface area contributed by atoms with E-state index < -0.39 is 0 Å². The zero-order valence-corrected chi connectivity index (χ0v) is 15.2. The molecule has 3 rings (SSSR count). The quantitative estimate of drug-likeness (QED) is 0.654. The molecule has 0 saturated heterocycles. The van der Waals surface area contributed by atoms with Crippen LogP contribution in [0, 0.1) is 6.92 Å². The van der Waals surface area contributed by atoms with Crippen LogP contribution in [-0.4, -0.2) is 17.1 Å². The highest BCUT2D eigenvalue weighted by Crippen LogP contribution is 2.29. The Balaban J connectivity index is 1.74. The van der Waals surface area contributed by atoms with Crippen LogP contribution < -0.4 is 5.32 Å². The molecule has 0 radical (unpaired) electrons. The van der Waals surface area contributed by atoms with E-state index in [4.69, 9.17) is 0 Å².